The summed E-state index contributed by atoms with van der Waals surface area (Å²) in [4.78, 5) is 29.1. The van der Waals surface area contributed by atoms with Gasteiger partial charge < -0.3 is 9.80 Å². The van der Waals surface area contributed by atoms with Crippen molar-refractivity contribution < 1.29 is 9.59 Å². The van der Waals surface area contributed by atoms with Gasteiger partial charge in [-0.1, -0.05) is 60.7 Å². The summed E-state index contributed by atoms with van der Waals surface area (Å²) < 4.78 is 1.90. The summed E-state index contributed by atoms with van der Waals surface area (Å²) in [7, 11) is 1.84. The average molecular weight is 443 g/mol. The third-order valence-corrected chi connectivity index (χ3v) is 6.04. The highest BCUT2D eigenvalue weighted by Gasteiger charge is 2.28. The number of rotatable bonds is 7. The smallest absolute Gasteiger partial charge is 0.246 e. The Balaban J connectivity index is 1.24. The van der Waals surface area contributed by atoms with Crippen LogP contribution in [0.5, 0.6) is 0 Å². The maximum Gasteiger partial charge on any atom is 0.246 e. The molecule has 2 aromatic carbocycles. The van der Waals surface area contributed by atoms with Crippen LogP contribution in [-0.2, 0) is 22.7 Å². The van der Waals surface area contributed by atoms with Gasteiger partial charge in [0, 0.05) is 50.4 Å². The van der Waals surface area contributed by atoms with Crippen LogP contribution in [0.1, 0.15) is 29.5 Å². The van der Waals surface area contributed by atoms with Crippen molar-refractivity contribution in [2.24, 2.45) is 5.92 Å². The number of hydrogen-bond acceptors (Lipinski definition) is 3. The van der Waals surface area contributed by atoms with Crippen LogP contribution < -0.4 is 0 Å². The van der Waals surface area contributed by atoms with Gasteiger partial charge in [0.2, 0.25) is 11.8 Å². The van der Waals surface area contributed by atoms with Crippen LogP contribution in [-0.4, -0.2) is 51.5 Å². The van der Waals surface area contributed by atoms with E-state index in [2.05, 4.69) is 17.2 Å². The maximum absolute atomic E-state index is 13.0. The third-order valence-electron chi connectivity index (χ3n) is 6.04. The summed E-state index contributed by atoms with van der Waals surface area (Å²) >= 11 is 0. The van der Waals surface area contributed by atoms with Crippen LogP contribution in [0.4, 0.5) is 0 Å². The van der Waals surface area contributed by atoms with Crippen molar-refractivity contribution in [1.82, 2.24) is 19.6 Å². The fraction of sp³-hybridized carbons (Fsp3) is 0.296. The lowest BCUT2D eigenvalue weighted by Crippen LogP contribution is -2.42. The second-order valence-corrected chi connectivity index (χ2v) is 8.57. The molecule has 0 spiro atoms. The van der Waals surface area contributed by atoms with Crippen molar-refractivity contribution in [3.63, 3.8) is 0 Å². The fourth-order valence-corrected chi connectivity index (χ4v) is 4.19. The number of likely N-dealkylation sites (tertiary alicyclic amines) is 1. The first-order valence-corrected chi connectivity index (χ1v) is 11.4. The highest BCUT2D eigenvalue weighted by Crippen LogP contribution is 2.21. The molecule has 0 atom stereocenters. The third kappa shape index (κ3) is 6.19. The van der Waals surface area contributed by atoms with Crippen molar-refractivity contribution in [2.75, 3.05) is 20.1 Å². The van der Waals surface area contributed by atoms with Crippen LogP contribution in [0.25, 0.3) is 6.08 Å². The first-order chi connectivity index (χ1) is 16.1. The molecular formula is C27H30N4O2. The minimum Gasteiger partial charge on any atom is -0.341 e. The molecule has 1 aliphatic heterocycles. The van der Waals surface area contributed by atoms with Crippen molar-refractivity contribution in [1.29, 1.82) is 0 Å². The molecule has 0 saturated carbocycles. The predicted molar refractivity (Wildman–Crippen MR) is 129 cm³/mol. The number of hydrogen-bond donors (Lipinski definition) is 0. The second kappa shape index (κ2) is 10.8. The molecular weight excluding hydrogens is 412 g/mol. The lowest BCUT2D eigenvalue weighted by atomic mass is 9.95. The zero-order valence-electron chi connectivity index (χ0n) is 19.0. The molecule has 4 rings (SSSR count). The van der Waals surface area contributed by atoms with Gasteiger partial charge in [-0.25, -0.2) is 0 Å². The number of carbonyl (C=O) groups excluding carboxylic acids is 2. The number of carbonyl (C=O) groups is 2. The van der Waals surface area contributed by atoms with E-state index in [1.54, 1.807) is 11.0 Å². The Morgan fingerprint density at radius 1 is 1.00 bits per heavy atom. The Hall–Kier alpha value is -3.67. The molecule has 2 heterocycles. The van der Waals surface area contributed by atoms with Gasteiger partial charge in [-0.05, 0) is 30.0 Å². The summed E-state index contributed by atoms with van der Waals surface area (Å²) in [5, 5.41) is 4.43. The molecule has 0 unspecified atom stereocenters. The first-order valence-electron chi connectivity index (χ1n) is 11.4. The van der Waals surface area contributed by atoms with E-state index in [1.165, 1.54) is 5.56 Å². The molecule has 2 amide bonds. The zero-order valence-corrected chi connectivity index (χ0v) is 19.0. The molecule has 1 saturated heterocycles. The van der Waals surface area contributed by atoms with Crippen LogP contribution in [0.2, 0.25) is 0 Å². The van der Waals surface area contributed by atoms with E-state index in [-0.39, 0.29) is 17.7 Å². The number of benzene rings is 2. The van der Waals surface area contributed by atoms with Crippen LogP contribution in [0.3, 0.4) is 0 Å². The van der Waals surface area contributed by atoms with E-state index in [1.807, 2.05) is 83.6 Å². The van der Waals surface area contributed by atoms with Gasteiger partial charge in [0.15, 0.2) is 0 Å². The average Bonchev–Trinajstić information content (AvgIpc) is 3.30. The molecule has 6 nitrogen and oxygen atoms in total. The molecule has 170 valence electrons. The van der Waals surface area contributed by atoms with Gasteiger partial charge in [-0.3, -0.25) is 14.3 Å². The predicted octanol–water partition coefficient (Wildman–Crippen LogP) is 3.84. The Morgan fingerprint density at radius 3 is 2.36 bits per heavy atom. The van der Waals surface area contributed by atoms with Crippen molar-refractivity contribution in [2.45, 2.75) is 25.9 Å². The van der Waals surface area contributed by atoms with Crippen LogP contribution in [0.15, 0.2) is 79.1 Å². The highest BCUT2D eigenvalue weighted by molar-refractivity contribution is 5.92. The van der Waals surface area contributed by atoms with E-state index in [0.717, 1.165) is 11.1 Å². The Bertz CT molecular complexity index is 1080. The first kappa shape index (κ1) is 22.5. The normalized spacial score (nSPS) is 14.5. The van der Waals surface area contributed by atoms with Gasteiger partial charge in [0.25, 0.3) is 0 Å². The maximum atomic E-state index is 13.0. The van der Waals surface area contributed by atoms with Crippen molar-refractivity contribution in [3.05, 3.63) is 95.8 Å². The summed E-state index contributed by atoms with van der Waals surface area (Å²) in [6, 6.07) is 20.0. The Labute approximate surface area is 195 Å². The fourth-order valence-electron chi connectivity index (χ4n) is 4.19. The highest BCUT2D eigenvalue weighted by atomic mass is 16.2. The quantitative estimate of drug-likeness (QED) is 0.523. The topological polar surface area (TPSA) is 58.4 Å². The molecule has 1 aliphatic rings. The summed E-state index contributed by atoms with van der Waals surface area (Å²) in [6.45, 7) is 2.46. The lowest BCUT2D eigenvalue weighted by Gasteiger charge is -2.32. The molecule has 1 fully saturated rings. The minimum atomic E-state index is -0.0449. The van der Waals surface area contributed by atoms with E-state index >= 15 is 0 Å². The zero-order chi connectivity index (χ0) is 23.0. The summed E-state index contributed by atoms with van der Waals surface area (Å²) in [5.41, 5.74) is 3.21. The van der Waals surface area contributed by atoms with E-state index < -0.39 is 0 Å². The minimum absolute atomic E-state index is 0.00365. The molecule has 0 N–H and O–H groups in total. The number of piperidine rings is 1. The number of amides is 2. The standard InChI is InChI=1S/C27H30N4O2/c1-29(19-24-18-28-31(21-24)20-23-10-6-3-7-11-23)27(33)25-14-16-30(17-15-25)26(32)13-12-22-8-4-2-5-9-22/h2-13,18,21,25H,14-17,19-20H2,1H3. The van der Waals surface area contributed by atoms with Gasteiger partial charge in [-0.15, -0.1) is 0 Å². The van der Waals surface area contributed by atoms with E-state index in [4.69, 9.17) is 0 Å². The van der Waals surface area contributed by atoms with Gasteiger partial charge >= 0.3 is 0 Å². The number of aromatic nitrogens is 2. The summed E-state index contributed by atoms with van der Waals surface area (Å²) in [6.07, 6.45) is 8.68. The lowest BCUT2D eigenvalue weighted by molar-refractivity contribution is -0.138. The van der Waals surface area contributed by atoms with Crippen LogP contribution in [0, 0.1) is 5.92 Å². The number of nitrogens with zero attached hydrogens (tertiary/aromatic N) is 4. The van der Waals surface area contributed by atoms with Crippen molar-refractivity contribution >= 4 is 17.9 Å². The molecule has 0 bridgehead atoms. The largest absolute Gasteiger partial charge is 0.341 e. The van der Waals surface area contributed by atoms with E-state index in [0.29, 0.717) is 39.0 Å². The van der Waals surface area contributed by atoms with E-state index in [9.17, 15) is 9.59 Å². The SMILES string of the molecule is CN(Cc1cnn(Cc2ccccc2)c1)C(=O)C1CCN(C(=O)C=Cc2ccccc2)CC1. The van der Waals surface area contributed by atoms with Gasteiger partial charge in [-0.2, -0.15) is 5.10 Å². The summed E-state index contributed by atoms with van der Waals surface area (Å²) in [5.74, 6) is 0.0955. The molecule has 33 heavy (non-hydrogen) atoms. The molecule has 6 heteroatoms. The molecule has 0 radical (unpaired) electrons. The Kier molecular flexibility index (Phi) is 7.35. The van der Waals surface area contributed by atoms with Gasteiger partial charge in [0.1, 0.15) is 0 Å². The molecule has 3 aromatic rings. The van der Waals surface area contributed by atoms with Crippen LogP contribution >= 0.6 is 0 Å². The van der Waals surface area contributed by atoms with Gasteiger partial charge in [0.05, 0.1) is 12.7 Å². The monoisotopic (exact) mass is 442 g/mol. The Morgan fingerprint density at radius 2 is 1.67 bits per heavy atom. The molecule has 1 aromatic heterocycles. The second-order valence-electron chi connectivity index (χ2n) is 8.57. The van der Waals surface area contributed by atoms with Crippen molar-refractivity contribution in [3.8, 4) is 0 Å². The molecule has 0 aliphatic carbocycles.